The summed E-state index contributed by atoms with van der Waals surface area (Å²) in [5, 5.41) is 17.1. The van der Waals surface area contributed by atoms with Crippen LogP contribution in [0.2, 0.25) is 0 Å². The van der Waals surface area contributed by atoms with Crippen LogP contribution in [-0.2, 0) is 0 Å². The van der Waals surface area contributed by atoms with Crippen molar-refractivity contribution in [1.29, 1.82) is 0 Å². The summed E-state index contributed by atoms with van der Waals surface area (Å²) in [4.78, 5) is 13.1. The molecule has 3 heterocycles. The minimum absolute atomic E-state index is 0.199. The molecule has 25 heavy (non-hydrogen) atoms. The predicted molar refractivity (Wildman–Crippen MR) is 94.2 cm³/mol. The van der Waals surface area contributed by atoms with E-state index in [0.29, 0.717) is 5.95 Å². The van der Waals surface area contributed by atoms with E-state index in [1.54, 1.807) is 12.4 Å². The lowest BCUT2D eigenvalue weighted by atomic mass is 9.90. The third-order valence-corrected chi connectivity index (χ3v) is 4.64. The molecule has 0 spiro atoms. The molecule has 7 heteroatoms. The number of rotatable bonds is 3. The van der Waals surface area contributed by atoms with Crippen LogP contribution in [0.4, 0.5) is 5.95 Å². The second kappa shape index (κ2) is 5.49. The lowest BCUT2D eigenvalue weighted by Crippen LogP contribution is -2.39. The van der Waals surface area contributed by atoms with Crippen LogP contribution in [0.25, 0.3) is 27.7 Å². The standard InChI is InChI=1S/C18H16N6O/c25-13-8-12(9-13)22-18-21-10-17-14(3-6-24(17)23-18)11-1-2-15-16(7-11)20-5-4-19-15/h1-7,10,12-13,25H,8-9H2,(H,22,23)/t12-,13+. The summed E-state index contributed by atoms with van der Waals surface area (Å²) >= 11 is 0. The molecule has 0 saturated heterocycles. The molecule has 3 aromatic heterocycles. The molecule has 0 aliphatic heterocycles. The highest BCUT2D eigenvalue weighted by Crippen LogP contribution is 2.28. The first-order chi connectivity index (χ1) is 12.3. The van der Waals surface area contributed by atoms with Gasteiger partial charge in [0.25, 0.3) is 0 Å². The molecule has 5 rings (SSSR count). The SMILES string of the molecule is O[C@H]1C[C@@H](Nc2ncc3c(-c4ccc5nccnc5c4)ccn3n2)C1. The Morgan fingerprint density at radius 3 is 2.72 bits per heavy atom. The van der Waals surface area contributed by atoms with Crippen molar-refractivity contribution in [2.24, 2.45) is 0 Å². The number of nitrogens with zero attached hydrogens (tertiary/aromatic N) is 5. The van der Waals surface area contributed by atoms with Gasteiger partial charge in [-0.25, -0.2) is 9.50 Å². The third kappa shape index (κ3) is 2.49. The van der Waals surface area contributed by atoms with Gasteiger partial charge in [-0.05, 0) is 36.6 Å². The van der Waals surface area contributed by atoms with E-state index < -0.39 is 0 Å². The Balaban J connectivity index is 1.50. The zero-order valence-electron chi connectivity index (χ0n) is 13.4. The lowest BCUT2D eigenvalue weighted by molar-refractivity contribution is 0.0833. The van der Waals surface area contributed by atoms with Crippen LogP contribution in [-0.4, -0.2) is 41.8 Å². The Hall–Kier alpha value is -3.06. The van der Waals surface area contributed by atoms with E-state index in [0.717, 1.165) is 40.5 Å². The number of aliphatic hydroxyl groups is 1. The highest BCUT2D eigenvalue weighted by Gasteiger charge is 2.27. The van der Waals surface area contributed by atoms with Gasteiger partial charge in [-0.3, -0.25) is 9.97 Å². The first kappa shape index (κ1) is 14.3. The smallest absolute Gasteiger partial charge is 0.241 e. The summed E-state index contributed by atoms with van der Waals surface area (Å²) < 4.78 is 1.82. The molecule has 1 aromatic carbocycles. The van der Waals surface area contributed by atoms with Crippen molar-refractivity contribution in [1.82, 2.24) is 24.6 Å². The predicted octanol–water partition coefficient (Wildman–Crippen LogP) is 2.27. The number of aromatic nitrogens is 5. The first-order valence-electron chi connectivity index (χ1n) is 8.26. The Morgan fingerprint density at radius 2 is 1.88 bits per heavy atom. The van der Waals surface area contributed by atoms with E-state index in [4.69, 9.17) is 0 Å². The Bertz CT molecular complexity index is 1070. The maximum Gasteiger partial charge on any atom is 0.241 e. The molecule has 1 aliphatic rings. The first-order valence-corrected chi connectivity index (χ1v) is 8.26. The van der Waals surface area contributed by atoms with Crippen molar-refractivity contribution < 1.29 is 5.11 Å². The molecule has 7 nitrogen and oxygen atoms in total. The lowest BCUT2D eigenvalue weighted by Gasteiger charge is -2.31. The van der Waals surface area contributed by atoms with Crippen LogP contribution in [0.3, 0.4) is 0 Å². The van der Waals surface area contributed by atoms with Crippen LogP contribution >= 0.6 is 0 Å². The van der Waals surface area contributed by atoms with Crippen molar-refractivity contribution in [3.8, 4) is 11.1 Å². The van der Waals surface area contributed by atoms with E-state index in [1.807, 2.05) is 41.2 Å². The molecule has 0 radical (unpaired) electrons. The van der Waals surface area contributed by atoms with Gasteiger partial charge in [-0.15, -0.1) is 5.10 Å². The number of nitrogens with one attached hydrogen (secondary N) is 1. The van der Waals surface area contributed by atoms with Crippen molar-refractivity contribution in [3.63, 3.8) is 0 Å². The van der Waals surface area contributed by atoms with Crippen LogP contribution in [0.1, 0.15) is 12.8 Å². The Kier molecular flexibility index (Phi) is 3.14. The molecule has 0 bridgehead atoms. The van der Waals surface area contributed by atoms with E-state index in [9.17, 15) is 5.11 Å². The van der Waals surface area contributed by atoms with E-state index in [2.05, 4.69) is 25.4 Å². The zero-order valence-corrected chi connectivity index (χ0v) is 13.4. The van der Waals surface area contributed by atoms with Gasteiger partial charge in [-0.2, -0.15) is 0 Å². The number of fused-ring (bicyclic) bond motifs is 2. The van der Waals surface area contributed by atoms with Crippen molar-refractivity contribution in [2.45, 2.75) is 25.0 Å². The second-order valence-electron chi connectivity index (χ2n) is 6.37. The molecule has 2 N–H and O–H groups in total. The van der Waals surface area contributed by atoms with Crippen LogP contribution < -0.4 is 5.32 Å². The van der Waals surface area contributed by atoms with Gasteiger partial charge in [0.2, 0.25) is 5.95 Å². The van der Waals surface area contributed by atoms with E-state index in [1.165, 1.54) is 0 Å². The van der Waals surface area contributed by atoms with Crippen LogP contribution in [0.15, 0.2) is 49.1 Å². The molecule has 1 fully saturated rings. The van der Waals surface area contributed by atoms with Gasteiger partial charge in [0.05, 0.1) is 28.9 Å². The summed E-state index contributed by atoms with van der Waals surface area (Å²) in [6.45, 7) is 0. The van der Waals surface area contributed by atoms with Crippen molar-refractivity contribution in [3.05, 3.63) is 49.1 Å². The molecule has 124 valence electrons. The zero-order chi connectivity index (χ0) is 16.8. The maximum atomic E-state index is 9.38. The average Bonchev–Trinajstić information content (AvgIpc) is 3.03. The number of hydrogen-bond donors (Lipinski definition) is 2. The quantitative estimate of drug-likeness (QED) is 0.598. The third-order valence-electron chi connectivity index (χ3n) is 4.64. The normalized spacial score (nSPS) is 19.9. The maximum absolute atomic E-state index is 9.38. The fourth-order valence-corrected chi connectivity index (χ4v) is 3.23. The summed E-state index contributed by atoms with van der Waals surface area (Å²) in [6, 6.07) is 8.31. The Labute approximate surface area is 143 Å². The molecule has 1 aliphatic carbocycles. The molecular formula is C18H16N6O. The van der Waals surface area contributed by atoms with Gasteiger partial charge in [-0.1, -0.05) is 6.07 Å². The highest BCUT2D eigenvalue weighted by atomic mass is 16.3. The van der Waals surface area contributed by atoms with Gasteiger partial charge < -0.3 is 10.4 Å². The van der Waals surface area contributed by atoms with E-state index >= 15 is 0 Å². The molecule has 4 aromatic rings. The van der Waals surface area contributed by atoms with Gasteiger partial charge in [0, 0.05) is 30.2 Å². The monoisotopic (exact) mass is 332 g/mol. The molecular weight excluding hydrogens is 316 g/mol. The summed E-state index contributed by atoms with van der Waals surface area (Å²) in [5.74, 6) is 0.580. The molecule has 0 atom stereocenters. The van der Waals surface area contributed by atoms with Gasteiger partial charge in [0.1, 0.15) is 0 Å². The molecule has 0 unspecified atom stereocenters. The average molecular weight is 332 g/mol. The number of anilines is 1. The van der Waals surface area contributed by atoms with Crippen LogP contribution in [0.5, 0.6) is 0 Å². The van der Waals surface area contributed by atoms with Crippen LogP contribution in [0, 0.1) is 0 Å². The minimum Gasteiger partial charge on any atom is -0.393 e. The number of benzene rings is 1. The molecule has 0 amide bonds. The fourth-order valence-electron chi connectivity index (χ4n) is 3.23. The van der Waals surface area contributed by atoms with Gasteiger partial charge >= 0.3 is 0 Å². The molecule has 1 saturated carbocycles. The Morgan fingerprint density at radius 1 is 1.04 bits per heavy atom. The van der Waals surface area contributed by atoms with Crippen molar-refractivity contribution >= 4 is 22.5 Å². The fraction of sp³-hybridized carbons (Fsp3) is 0.222. The summed E-state index contributed by atoms with van der Waals surface area (Å²) in [7, 11) is 0. The summed E-state index contributed by atoms with van der Waals surface area (Å²) in [5.41, 5.74) is 4.78. The highest BCUT2D eigenvalue weighted by molar-refractivity contribution is 5.86. The second-order valence-corrected chi connectivity index (χ2v) is 6.37. The number of hydrogen-bond acceptors (Lipinski definition) is 6. The topological polar surface area (TPSA) is 88.2 Å². The van der Waals surface area contributed by atoms with Gasteiger partial charge in [0.15, 0.2) is 0 Å². The number of aliphatic hydroxyl groups excluding tert-OH is 1. The minimum atomic E-state index is -0.199. The van der Waals surface area contributed by atoms with Crippen molar-refractivity contribution in [2.75, 3.05) is 5.32 Å². The largest absolute Gasteiger partial charge is 0.393 e. The van der Waals surface area contributed by atoms with E-state index in [-0.39, 0.29) is 12.1 Å². The summed E-state index contributed by atoms with van der Waals surface area (Å²) in [6.07, 6.45) is 8.43.